The first-order chi connectivity index (χ1) is 12.1. The van der Waals surface area contributed by atoms with E-state index in [1.807, 2.05) is 6.07 Å². The lowest BCUT2D eigenvalue weighted by molar-refractivity contribution is -0.123. The number of thiazole rings is 1. The number of hydrogen-bond donors (Lipinski definition) is 1. The summed E-state index contributed by atoms with van der Waals surface area (Å²) in [5, 5.41) is 11.5. The van der Waals surface area contributed by atoms with Crippen molar-refractivity contribution >= 4 is 39.1 Å². The Balaban J connectivity index is 1.65. The van der Waals surface area contributed by atoms with E-state index in [4.69, 9.17) is 10.00 Å². The summed E-state index contributed by atoms with van der Waals surface area (Å²) in [6, 6.07) is 13.5. The van der Waals surface area contributed by atoms with Gasteiger partial charge in [0.2, 0.25) is 0 Å². The highest BCUT2D eigenvalue weighted by Gasteiger charge is 2.19. The van der Waals surface area contributed by atoms with Crippen LogP contribution in [-0.4, -0.2) is 23.0 Å². The zero-order valence-corrected chi connectivity index (χ0v) is 14.0. The van der Waals surface area contributed by atoms with Gasteiger partial charge in [-0.1, -0.05) is 6.07 Å². The number of fused-ring (bicyclic) bond motifs is 1. The van der Waals surface area contributed by atoms with E-state index in [9.17, 15) is 9.59 Å². The zero-order valence-electron chi connectivity index (χ0n) is 13.2. The standard InChI is InChI=1S/C18H13N3O3S/c1-11(17(22)21-14-4-2-3-12(7-14)9-19)24-18(23)13-5-6-15-16(8-13)25-10-20-15/h2-8,10-11H,1H3,(H,21,22)/t11-/m0/s1. The van der Waals surface area contributed by atoms with Gasteiger partial charge in [0.25, 0.3) is 5.91 Å². The topological polar surface area (TPSA) is 92.1 Å². The number of nitrogens with one attached hydrogen (secondary N) is 1. The second kappa shape index (κ2) is 7.11. The van der Waals surface area contributed by atoms with E-state index < -0.39 is 18.0 Å². The Morgan fingerprint density at radius 2 is 2.12 bits per heavy atom. The molecule has 2 aromatic carbocycles. The molecule has 1 atom stereocenters. The summed E-state index contributed by atoms with van der Waals surface area (Å²) in [6.07, 6.45) is -0.976. The number of rotatable bonds is 4. The van der Waals surface area contributed by atoms with Crippen LogP contribution in [0.15, 0.2) is 48.0 Å². The van der Waals surface area contributed by atoms with Crippen LogP contribution < -0.4 is 5.32 Å². The second-order valence-corrected chi connectivity index (χ2v) is 6.15. The number of anilines is 1. The van der Waals surface area contributed by atoms with Crippen molar-refractivity contribution in [3.05, 3.63) is 59.1 Å². The van der Waals surface area contributed by atoms with Gasteiger partial charge in [-0.15, -0.1) is 11.3 Å². The molecule has 0 spiro atoms. The first kappa shape index (κ1) is 16.6. The molecule has 25 heavy (non-hydrogen) atoms. The fourth-order valence-corrected chi connectivity index (χ4v) is 2.89. The lowest BCUT2D eigenvalue weighted by atomic mass is 10.2. The molecule has 0 saturated heterocycles. The minimum Gasteiger partial charge on any atom is -0.449 e. The van der Waals surface area contributed by atoms with Crippen molar-refractivity contribution in [1.29, 1.82) is 5.26 Å². The van der Waals surface area contributed by atoms with Crippen LogP contribution >= 0.6 is 11.3 Å². The van der Waals surface area contributed by atoms with Gasteiger partial charge in [0.05, 0.1) is 32.9 Å². The van der Waals surface area contributed by atoms with Gasteiger partial charge >= 0.3 is 5.97 Å². The third kappa shape index (κ3) is 3.82. The van der Waals surface area contributed by atoms with Gasteiger partial charge in [-0.25, -0.2) is 9.78 Å². The van der Waals surface area contributed by atoms with Crippen LogP contribution in [0.5, 0.6) is 0 Å². The van der Waals surface area contributed by atoms with Crippen molar-refractivity contribution in [2.45, 2.75) is 13.0 Å². The van der Waals surface area contributed by atoms with Crippen LogP contribution in [-0.2, 0) is 9.53 Å². The molecular weight excluding hydrogens is 338 g/mol. The van der Waals surface area contributed by atoms with Crippen LogP contribution in [0.25, 0.3) is 10.2 Å². The molecule has 0 fully saturated rings. The average molecular weight is 351 g/mol. The molecule has 124 valence electrons. The SMILES string of the molecule is C[C@H](OC(=O)c1ccc2ncsc2c1)C(=O)Nc1cccc(C#N)c1. The monoisotopic (exact) mass is 351 g/mol. The molecule has 0 unspecified atom stereocenters. The molecule has 0 radical (unpaired) electrons. The van der Waals surface area contributed by atoms with Gasteiger partial charge < -0.3 is 10.1 Å². The molecule has 3 rings (SSSR count). The van der Waals surface area contributed by atoms with Crippen LogP contribution in [0.4, 0.5) is 5.69 Å². The van der Waals surface area contributed by atoms with E-state index in [0.717, 1.165) is 10.2 Å². The summed E-state index contributed by atoms with van der Waals surface area (Å²) >= 11 is 1.42. The van der Waals surface area contributed by atoms with E-state index in [-0.39, 0.29) is 0 Å². The van der Waals surface area contributed by atoms with Crippen molar-refractivity contribution in [1.82, 2.24) is 4.98 Å². The van der Waals surface area contributed by atoms with Crippen LogP contribution in [0.1, 0.15) is 22.8 Å². The molecule has 1 N–H and O–H groups in total. The number of ether oxygens (including phenoxy) is 1. The maximum absolute atomic E-state index is 12.2. The predicted octanol–water partition coefficient (Wildman–Crippen LogP) is 3.35. The van der Waals surface area contributed by atoms with E-state index >= 15 is 0 Å². The molecule has 0 aliphatic heterocycles. The van der Waals surface area contributed by atoms with Gasteiger partial charge in [-0.05, 0) is 43.3 Å². The molecule has 3 aromatic rings. The summed E-state index contributed by atoms with van der Waals surface area (Å²) in [4.78, 5) is 28.5. The normalized spacial score (nSPS) is 11.5. The molecule has 0 aliphatic rings. The number of amides is 1. The molecule has 7 heteroatoms. The number of carbonyl (C=O) groups is 2. The third-order valence-corrected chi connectivity index (χ3v) is 4.27. The van der Waals surface area contributed by atoms with Crippen LogP contribution in [0.3, 0.4) is 0 Å². The third-order valence-electron chi connectivity index (χ3n) is 3.48. The van der Waals surface area contributed by atoms with Gasteiger partial charge in [0, 0.05) is 5.69 Å². The minimum atomic E-state index is -0.976. The largest absolute Gasteiger partial charge is 0.449 e. The highest BCUT2D eigenvalue weighted by molar-refractivity contribution is 7.16. The molecule has 1 heterocycles. The van der Waals surface area contributed by atoms with E-state index in [0.29, 0.717) is 16.8 Å². The highest BCUT2D eigenvalue weighted by Crippen LogP contribution is 2.20. The lowest BCUT2D eigenvalue weighted by Crippen LogP contribution is -2.30. The summed E-state index contributed by atoms with van der Waals surface area (Å²) in [5.74, 6) is -1.05. The van der Waals surface area contributed by atoms with Crippen molar-refractivity contribution in [2.75, 3.05) is 5.32 Å². The quantitative estimate of drug-likeness (QED) is 0.728. The van der Waals surface area contributed by atoms with Crippen molar-refractivity contribution < 1.29 is 14.3 Å². The number of nitriles is 1. The Kier molecular flexibility index (Phi) is 4.73. The minimum absolute atomic E-state index is 0.364. The Labute approximate surface area is 147 Å². The Morgan fingerprint density at radius 3 is 2.92 bits per heavy atom. The number of hydrogen-bond acceptors (Lipinski definition) is 6. The Hall–Kier alpha value is -3.24. The molecule has 1 amide bonds. The van der Waals surface area contributed by atoms with Gasteiger partial charge in [0.1, 0.15) is 0 Å². The number of nitrogens with zero attached hydrogens (tertiary/aromatic N) is 2. The first-order valence-electron chi connectivity index (χ1n) is 7.42. The number of carbonyl (C=O) groups excluding carboxylic acids is 2. The molecule has 1 aromatic heterocycles. The molecule has 0 bridgehead atoms. The van der Waals surface area contributed by atoms with E-state index in [1.165, 1.54) is 18.3 Å². The molecular formula is C18H13N3O3S. The average Bonchev–Trinajstić information content (AvgIpc) is 3.09. The number of esters is 1. The second-order valence-electron chi connectivity index (χ2n) is 5.26. The van der Waals surface area contributed by atoms with E-state index in [1.54, 1.807) is 48.0 Å². The first-order valence-corrected chi connectivity index (χ1v) is 8.30. The molecule has 0 saturated carbocycles. The van der Waals surface area contributed by atoms with Crippen molar-refractivity contribution in [3.8, 4) is 6.07 Å². The maximum Gasteiger partial charge on any atom is 0.338 e. The maximum atomic E-state index is 12.2. The van der Waals surface area contributed by atoms with Crippen LogP contribution in [0.2, 0.25) is 0 Å². The van der Waals surface area contributed by atoms with E-state index in [2.05, 4.69) is 10.3 Å². The Bertz CT molecular complexity index is 990. The highest BCUT2D eigenvalue weighted by atomic mass is 32.1. The summed E-state index contributed by atoms with van der Waals surface area (Å²) in [7, 11) is 0. The van der Waals surface area contributed by atoms with Crippen molar-refractivity contribution in [3.63, 3.8) is 0 Å². The lowest BCUT2D eigenvalue weighted by Gasteiger charge is -2.13. The smallest absolute Gasteiger partial charge is 0.338 e. The van der Waals surface area contributed by atoms with Gasteiger partial charge in [0.15, 0.2) is 6.10 Å². The predicted molar refractivity (Wildman–Crippen MR) is 94.3 cm³/mol. The zero-order chi connectivity index (χ0) is 17.8. The van der Waals surface area contributed by atoms with Crippen molar-refractivity contribution in [2.24, 2.45) is 0 Å². The summed E-state index contributed by atoms with van der Waals surface area (Å²) in [6.45, 7) is 1.49. The summed E-state index contributed by atoms with van der Waals surface area (Å²) < 4.78 is 6.10. The van der Waals surface area contributed by atoms with Crippen LogP contribution in [0, 0.1) is 11.3 Å². The summed E-state index contributed by atoms with van der Waals surface area (Å²) in [5.41, 5.74) is 3.77. The van der Waals surface area contributed by atoms with Gasteiger partial charge in [-0.2, -0.15) is 5.26 Å². The number of benzene rings is 2. The number of aromatic nitrogens is 1. The fourth-order valence-electron chi connectivity index (χ4n) is 2.17. The molecule has 6 nitrogen and oxygen atoms in total. The Morgan fingerprint density at radius 1 is 1.28 bits per heavy atom. The van der Waals surface area contributed by atoms with Gasteiger partial charge in [-0.3, -0.25) is 4.79 Å². The fraction of sp³-hybridized carbons (Fsp3) is 0.111. The molecule has 0 aliphatic carbocycles.